The van der Waals surface area contributed by atoms with Crippen molar-refractivity contribution in [3.8, 4) is 0 Å². The highest BCUT2D eigenvalue weighted by atomic mass is 79.9. The van der Waals surface area contributed by atoms with Crippen LogP contribution in [0.25, 0.3) is 0 Å². The van der Waals surface area contributed by atoms with Gasteiger partial charge < -0.3 is 4.74 Å². The van der Waals surface area contributed by atoms with Crippen molar-refractivity contribution in [1.82, 2.24) is 10.2 Å². The van der Waals surface area contributed by atoms with E-state index in [1.165, 1.54) is 0 Å². The molecule has 1 aliphatic heterocycles. The molecule has 66 valence electrons. The van der Waals surface area contributed by atoms with Crippen LogP contribution in [-0.2, 0) is 4.74 Å². The van der Waals surface area contributed by atoms with Crippen molar-refractivity contribution in [3.63, 3.8) is 0 Å². The predicted molar refractivity (Wildman–Crippen MR) is 50.1 cm³/mol. The summed E-state index contributed by atoms with van der Waals surface area (Å²) in [6.45, 7) is 3.04. The lowest BCUT2D eigenvalue weighted by atomic mass is 10.1. The van der Waals surface area contributed by atoms with Crippen LogP contribution in [0.1, 0.15) is 24.5 Å². The summed E-state index contributed by atoms with van der Waals surface area (Å²) >= 11 is 4.85. The quantitative estimate of drug-likeness (QED) is 0.766. The average Bonchev–Trinajstić information content (AvgIpc) is 2.58. The van der Waals surface area contributed by atoms with E-state index < -0.39 is 0 Å². The molecule has 0 spiro atoms. The molecule has 2 atom stereocenters. The van der Waals surface area contributed by atoms with Gasteiger partial charge in [-0.25, -0.2) is 0 Å². The summed E-state index contributed by atoms with van der Waals surface area (Å²) in [5.41, 5.74) is 0. The Bertz CT molecular complexity index is 278. The van der Waals surface area contributed by atoms with E-state index in [1.807, 2.05) is 0 Å². The summed E-state index contributed by atoms with van der Waals surface area (Å²) in [6.07, 6.45) is 1.30. The van der Waals surface area contributed by atoms with Gasteiger partial charge in [-0.05, 0) is 28.3 Å². The molecule has 0 amide bonds. The molecule has 2 unspecified atom stereocenters. The van der Waals surface area contributed by atoms with Crippen LogP contribution in [0.4, 0.5) is 0 Å². The normalized spacial score (nSPS) is 29.5. The molecule has 1 aromatic heterocycles. The average molecular weight is 249 g/mol. The van der Waals surface area contributed by atoms with Gasteiger partial charge in [-0.1, -0.05) is 18.3 Å². The smallest absolute Gasteiger partial charge is 0.183 e. The second-order valence-corrected chi connectivity index (χ2v) is 5.24. The van der Waals surface area contributed by atoms with Crippen LogP contribution < -0.4 is 0 Å². The zero-order valence-electron chi connectivity index (χ0n) is 6.66. The van der Waals surface area contributed by atoms with Gasteiger partial charge in [0.15, 0.2) is 3.92 Å². The molecule has 5 heteroatoms. The van der Waals surface area contributed by atoms with Crippen molar-refractivity contribution in [2.24, 2.45) is 5.92 Å². The lowest BCUT2D eigenvalue weighted by Gasteiger charge is -2.09. The maximum absolute atomic E-state index is 5.55. The molecule has 2 heterocycles. The Morgan fingerprint density at radius 3 is 2.92 bits per heavy atom. The first-order valence-electron chi connectivity index (χ1n) is 3.88. The lowest BCUT2D eigenvalue weighted by Crippen LogP contribution is -2.02. The van der Waals surface area contributed by atoms with Crippen LogP contribution >= 0.6 is 27.3 Å². The largest absolute Gasteiger partial charge is 0.371 e. The van der Waals surface area contributed by atoms with E-state index in [4.69, 9.17) is 4.74 Å². The first-order valence-corrected chi connectivity index (χ1v) is 5.49. The number of ether oxygens (including phenoxy) is 1. The van der Waals surface area contributed by atoms with Crippen LogP contribution in [0, 0.1) is 5.92 Å². The fourth-order valence-electron chi connectivity index (χ4n) is 1.34. The molecule has 3 nitrogen and oxygen atoms in total. The summed E-state index contributed by atoms with van der Waals surface area (Å²) < 4.78 is 6.39. The highest BCUT2D eigenvalue weighted by molar-refractivity contribution is 9.11. The first-order chi connectivity index (χ1) is 5.77. The summed E-state index contributed by atoms with van der Waals surface area (Å²) in [5, 5.41) is 8.94. The molecule has 12 heavy (non-hydrogen) atoms. The van der Waals surface area contributed by atoms with Crippen molar-refractivity contribution >= 4 is 27.3 Å². The highest BCUT2D eigenvalue weighted by Crippen LogP contribution is 2.36. The second-order valence-electron chi connectivity index (χ2n) is 2.95. The van der Waals surface area contributed by atoms with Crippen LogP contribution in [0.15, 0.2) is 3.92 Å². The number of rotatable bonds is 1. The van der Waals surface area contributed by atoms with Crippen LogP contribution in [0.2, 0.25) is 0 Å². The fourth-order valence-corrected chi connectivity index (χ4v) is 2.67. The third kappa shape index (κ3) is 1.53. The maximum Gasteiger partial charge on any atom is 0.183 e. The van der Waals surface area contributed by atoms with Crippen molar-refractivity contribution in [2.45, 2.75) is 19.4 Å². The minimum Gasteiger partial charge on any atom is -0.371 e. The van der Waals surface area contributed by atoms with E-state index in [9.17, 15) is 0 Å². The van der Waals surface area contributed by atoms with Gasteiger partial charge in [0.25, 0.3) is 0 Å². The SMILES string of the molecule is CC1CCOC1c1nnc(Br)s1. The van der Waals surface area contributed by atoms with Gasteiger partial charge in [-0.2, -0.15) is 0 Å². The van der Waals surface area contributed by atoms with Crippen molar-refractivity contribution < 1.29 is 4.74 Å². The number of hydrogen-bond donors (Lipinski definition) is 0. The summed E-state index contributed by atoms with van der Waals surface area (Å²) in [6, 6.07) is 0. The molecular formula is C7H9BrN2OS. The third-order valence-electron chi connectivity index (χ3n) is 2.05. The van der Waals surface area contributed by atoms with Gasteiger partial charge in [0.05, 0.1) is 0 Å². The number of halogens is 1. The summed E-state index contributed by atoms with van der Waals surface area (Å²) in [7, 11) is 0. The Hall–Kier alpha value is -0.0000000000000000833. The maximum atomic E-state index is 5.55. The van der Waals surface area contributed by atoms with E-state index >= 15 is 0 Å². The van der Waals surface area contributed by atoms with Gasteiger partial charge in [-0.3, -0.25) is 0 Å². The van der Waals surface area contributed by atoms with Crippen molar-refractivity contribution in [2.75, 3.05) is 6.61 Å². The summed E-state index contributed by atoms with van der Waals surface area (Å²) in [5.74, 6) is 0.574. The number of nitrogens with zero attached hydrogens (tertiary/aromatic N) is 2. The predicted octanol–water partition coefficient (Wildman–Crippen LogP) is 2.40. The molecule has 0 aliphatic carbocycles. The third-order valence-corrected chi connectivity index (χ3v) is 3.46. The van der Waals surface area contributed by atoms with Crippen molar-refractivity contribution in [3.05, 3.63) is 8.92 Å². The van der Waals surface area contributed by atoms with E-state index in [0.717, 1.165) is 22.0 Å². The molecule has 0 bridgehead atoms. The molecular weight excluding hydrogens is 240 g/mol. The van der Waals surface area contributed by atoms with E-state index in [-0.39, 0.29) is 6.10 Å². The fraction of sp³-hybridized carbons (Fsp3) is 0.714. The standard InChI is InChI=1S/C7H9BrN2OS/c1-4-2-3-11-5(4)6-9-10-7(8)12-6/h4-5H,2-3H2,1H3. The van der Waals surface area contributed by atoms with Crippen LogP contribution in [-0.4, -0.2) is 16.8 Å². The minimum atomic E-state index is 0.175. The van der Waals surface area contributed by atoms with Gasteiger partial charge in [-0.15, -0.1) is 10.2 Å². The topological polar surface area (TPSA) is 35.0 Å². The van der Waals surface area contributed by atoms with E-state index in [0.29, 0.717) is 5.92 Å². The highest BCUT2D eigenvalue weighted by Gasteiger charge is 2.28. The molecule has 0 aromatic carbocycles. The molecule has 1 fully saturated rings. The zero-order chi connectivity index (χ0) is 8.55. The molecule has 2 rings (SSSR count). The molecule has 1 aliphatic rings. The molecule has 0 N–H and O–H groups in total. The molecule has 1 aromatic rings. The Morgan fingerprint density at radius 2 is 2.42 bits per heavy atom. The van der Waals surface area contributed by atoms with E-state index in [1.54, 1.807) is 11.3 Å². The second kappa shape index (κ2) is 3.40. The minimum absolute atomic E-state index is 0.175. The van der Waals surface area contributed by atoms with Crippen LogP contribution in [0.3, 0.4) is 0 Å². The van der Waals surface area contributed by atoms with Gasteiger partial charge >= 0.3 is 0 Å². The first kappa shape index (κ1) is 8.59. The Morgan fingerprint density at radius 1 is 1.58 bits per heavy atom. The molecule has 0 saturated carbocycles. The molecule has 0 radical (unpaired) electrons. The summed E-state index contributed by atoms with van der Waals surface area (Å²) in [4.78, 5) is 0. The van der Waals surface area contributed by atoms with Crippen LogP contribution in [0.5, 0.6) is 0 Å². The Labute approximate surface area is 83.3 Å². The van der Waals surface area contributed by atoms with Gasteiger partial charge in [0.1, 0.15) is 11.1 Å². The van der Waals surface area contributed by atoms with Gasteiger partial charge in [0.2, 0.25) is 0 Å². The van der Waals surface area contributed by atoms with E-state index in [2.05, 4.69) is 33.1 Å². The lowest BCUT2D eigenvalue weighted by molar-refractivity contribution is 0.0937. The zero-order valence-corrected chi connectivity index (χ0v) is 9.06. The molecule has 1 saturated heterocycles. The number of hydrogen-bond acceptors (Lipinski definition) is 4. The van der Waals surface area contributed by atoms with Gasteiger partial charge in [0, 0.05) is 6.61 Å². The van der Waals surface area contributed by atoms with Crippen molar-refractivity contribution in [1.29, 1.82) is 0 Å². The number of aromatic nitrogens is 2. The monoisotopic (exact) mass is 248 g/mol. The Kier molecular flexibility index (Phi) is 2.43. The Balaban J connectivity index is 2.19.